The van der Waals surface area contributed by atoms with Crippen LogP contribution in [0.15, 0.2) is 72.0 Å². The molecule has 0 saturated carbocycles. The third kappa shape index (κ3) is 6.18. The lowest BCUT2D eigenvalue weighted by Crippen LogP contribution is -2.37. The van der Waals surface area contributed by atoms with E-state index < -0.39 is 0 Å². The Labute approximate surface area is 185 Å². The van der Waals surface area contributed by atoms with Gasteiger partial charge in [-0.1, -0.05) is 36.4 Å². The molecule has 2 N–H and O–H groups in total. The van der Waals surface area contributed by atoms with Crippen molar-refractivity contribution in [3.8, 4) is 5.69 Å². The van der Waals surface area contributed by atoms with Crippen molar-refractivity contribution in [2.45, 2.75) is 32.4 Å². The van der Waals surface area contributed by atoms with Gasteiger partial charge in [0.1, 0.15) is 0 Å². The van der Waals surface area contributed by atoms with Gasteiger partial charge in [-0.3, -0.25) is 9.89 Å². The molecule has 1 aromatic heterocycles. The molecule has 1 fully saturated rings. The number of aliphatic imine (C=N–C) groups is 1. The highest BCUT2D eigenvalue weighted by molar-refractivity contribution is 5.79. The summed E-state index contributed by atoms with van der Waals surface area (Å²) >= 11 is 0. The van der Waals surface area contributed by atoms with Crippen LogP contribution in [0.4, 0.5) is 0 Å². The second-order valence-electron chi connectivity index (χ2n) is 8.02. The largest absolute Gasteiger partial charge is 0.356 e. The number of aromatic nitrogens is 2. The summed E-state index contributed by atoms with van der Waals surface area (Å²) in [7, 11) is 1.81. The molecule has 4 rings (SSSR count). The molecule has 0 amide bonds. The number of guanidine groups is 1. The van der Waals surface area contributed by atoms with Crippen LogP contribution in [0.3, 0.4) is 0 Å². The van der Waals surface area contributed by atoms with Crippen molar-refractivity contribution in [3.63, 3.8) is 0 Å². The van der Waals surface area contributed by atoms with E-state index in [4.69, 9.17) is 0 Å². The molecule has 1 saturated heterocycles. The van der Waals surface area contributed by atoms with Crippen molar-refractivity contribution in [2.24, 2.45) is 4.99 Å². The Morgan fingerprint density at radius 1 is 0.935 bits per heavy atom. The van der Waals surface area contributed by atoms with E-state index in [-0.39, 0.29) is 0 Å². The van der Waals surface area contributed by atoms with E-state index in [0.717, 1.165) is 37.7 Å². The van der Waals surface area contributed by atoms with Crippen LogP contribution in [0.5, 0.6) is 0 Å². The number of benzene rings is 2. The van der Waals surface area contributed by atoms with Gasteiger partial charge in [0.05, 0.1) is 5.69 Å². The van der Waals surface area contributed by atoms with Crippen LogP contribution in [0.25, 0.3) is 5.69 Å². The fourth-order valence-electron chi connectivity index (χ4n) is 3.93. The first kappa shape index (κ1) is 21.1. The van der Waals surface area contributed by atoms with Gasteiger partial charge in [-0.05, 0) is 67.2 Å². The minimum atomic E-state index is 0.766. The lowest BCUT2D eigenvalue weighted by Gasteiger charge is -2.15. The number of hydrogen-bond acceptors (Lipinski definition) is 3. The average molecular weight is 417 g/mol. The second kappa shape index (κ2) is 10.8. The van der Waals surface area contributed by atoms with Gasteiger partial charge in [0, 0.05) is 39.1 Å². The minimum absolute atomic E-state index is 0.766. The molecule has 0 atom stereocenters. The Morgan fingerprint density at radius 3 is 2.32 bits per heavy atom. The number of nitrogens with one attached hydrogen (secondary N) is 2. The van der Waals surface area contributed by atoms with Gasteiger partial charge < -0.3 is 10.6 Å². The van der Waals surface area contributed by atoms with Crippen LogP contribution in [0, 0.1) is 0 Å². The molecule has 3 aromatic rings. The van der Waals surface area contributed by atoms with Crippen molar-refractivity contribution in [3.05, 3.63) is 83.7 Å². The number of likely N-dealkylation sites (tertiary alicyclic amines) is 1. The molecule has 0 aliphatic carbocycles. The lowest BCUT2D eigenvalue weighted by atomic mass is 10.1. The van der Waals surface area contributed by atoms with E-state index in [1.54, 1.807) is 6.20 Å². The summed E-state index contributed by atoms with van der Waals surface area (Å²) in [5, 5.41) is 11.1. The summed E-state index contributed by atoms with van der Waals surface area (Å²) in [5.74, 6) is 0.828. The summed E-state index contributed by atoms with van der Waals surface area (Å²) in [5.41, 5.74) is 5.02. The molecule has 2 aromatic carbocycles. The molecule has 31 heavy (non-hydrogen) atoms. The normalized spacial score (nSPS) is 14.7. The van der Waals surface area contributed by atoms with Gasteiger partial charge in [-0.2, -0.15) is 5.10 Å². The topological polar surface area (TPSA) is 57.5 Å². The summed E-state index contributed by atoms with van der Waals surface area (Å²) in [4.78, 5) is 6.88. The predicted octanol–water partition coefficient (Wildman–Crippen LogP) is 3.38. The Hall–Kier alpha value is -3.12. The van der Waals surface area contributed by atoms with Crippen molar-refractivity contribution < 1.29 is 0 Å². The van der Waals surface area contributed by atoms with Crippen LogP contribution in [-0.2, 0) is 19.5 Å². The third-order valence-corrected chi connectivity index (χ3v) is 5.72. The first-order valence-electron chi connectivity index (χ1n) is 11.1. The molecule has 2 heterocycles. The first-order chi connectivity index (χ1) is 15.3. The van der Waals surface area contributed by atoms with Crippen LogP contribution in [-0.4, -0.2) is 47.3 Å². The smallest absolute Gasteiger partial charge is 0.191 e. The van der Waals surface area contributed by atoms with Gasteiger partial charge in [0.25, 0.3) is 0 Å². The fraction of sp³-hybridized carbons (Fsp3) is 0.360. The zero-order valence-electron chi connectivity index (χ0n) is 18.3. The Morgan fingerprint density at radius 2 is 1.65 bits per heavy atom. The van der Waals surface area contributed by atoms with Gasteiger partial charge in [0.15, 0.2) is 5.96 Å². The molecular weight excluding hydrogens is 384 g/mol. The monoisotopic (exact) mass is 416 g/mol. The van der Waals surface area contributed by atoms with Crippen LogP contribution >= 0.6 is 0 Å². The van der Waals surface area contributed by atoms with Gasteiger partial charge in [-0.25, -0.2) is 4.68 Å². The van der Waals surface area contributed by atoms with Crippen molar-refractivity contribution in [1.29, 1.82) is 0 Å². The van der Waals surface area contributed by atoms with E-state index in [1.165, 1.54) is 42.6 Å². The average Bonchev–Trinajstić information content (AvgIpc) is 3.52. The Balaban J connectivity index is 1.19. The highest BCUT2D eigenvalue weighted by Gasteiger charge is 2.11. The van der Waals surface area contributed by atoms with Crippen LogP contribution < -0.4 is 10.6 Å². The van der Waals surface area contributed by atoms with E-state index in [1.807, 2.05) is 24.0 Å². The second-order valence-corrected chi connectivity index (χ2v) is 8.02. The molecule has 0 bridgehead atoms. The summed E-state index contributed by atoms with van der Waals surface area (Å²) in [6, 6.07) is 19.4. The van der Waals surface area contributed by atoms with E-state index >= 15 is 0 Å². The van der Waals surface area contributed by atoms with Gasteiger partial charge in [-0.15, -0.1) is 0 Å². The zero-order valence-corrected chi connectivity index (χ0v) is 18.3. The fourth-order valence-corrected chi connectivity index (χ4v) is 3.93. The molecule has 1 aliphatic heterocycles. The zero-order chi connectivity index (χ0) is 21.3. The van der Waals surface area contributed by atoms with Crippen molar-refractivity contribution in [1.82, 2.24) is 25.3 Å². The molecule has 0 radical (unpaired) electrons. The number of nitrogens with zero attached hydrogens (tertiary/aromatic N) is 4. The first-order valence-corrected chi connectivity index (χ1v) is 11.1. The maximum atomic E-state index is 4.34. The SMILES string of the molecule is CN=C(NCCc1ccc(-n2cccn2)cc1)NCc1ccc(CN2CCCC2)cc1. The highest BCUT2D eigenvalue weighted by Crippen LogP contribution is 2.13. The highest BCUT2D eigenvalue weighted by atomic mass is 15.3. The van der Waals surface area contributed by atoms with Crippen molar-refractivity contribution in [2.75, 3.05) is 26.7 Å². The van der Waals surface area contributed by atoms with E-state index in [0.29, 0.717) is 0 Å². The Bertz CT molecular complexity index is 939. The third-order valence-electron chi connectivity index (χ3n) is 5.72. The van der Waals surface area contributed by atoms with Crippen molar-refractivity contribution >= 4 is 5.96 Å². The van der Waals surface area contributed by atoms with E-state index in [2.05, 4.69) is 74.2 Å². The molecule has 6 heteroatoms. The predicted molar refractivity (Wildman–Crippen MR) is 126 cm³/mol. The quantitative estimate of drug-likeness (QED) is 0.437. The summed E-state index contributed by atoms with van der Waals surface area (Å²) < 4.78 is 1.87. The molecular formula is C25H32N6. The lowest BCUT2D eigenvalue weighted by molar-refractivity contribution is 0.331. The molecule has 6 nitrogen and oxygen atoms in total. The number of hydrogen-bond donors (Lipinski definition) is 2. The molecule has 0 spiro atoms. The minimum Gasteiger partial charge on any atom is -0.356 e. The summed E-state index contributed by atoms with van der Waals surface area (Å²) in [6.45, 7) is 5.14. The standard InChI is InChI=1S/C25H32N6/c1-26-25(27-15-13-21-9-11-24(12-10-21)31-18-4-14-29-31)28-19-22-5-7-23(8-6-22)20-30-16-2-3-17-30/h4-12,14,18H,2-3,13,15-17,19-20H2,1H3,(H2,26,27,28). The number of rotatable bonds is 8. The van der Waals surface area contributed by atoms with Gasteiger partial charge in [0.2, 0.25) is 0 Å². The molecule has 0 unspecified atom stereocenters. The van der Waals surface area contributed by atoms with Crippen LogP contribution in [0.2, 0.25) is 0 Å². The molecule has 1 aliphatic rings. The van der Waals surface area contributed by atoms with Crippen LogP contribution in [0.1, 0.15) is 29.5 Å². The maximum Gasteiger partial charge on any atom is 0.191 e. The molecule has 162 valence electrons. The Kier molecular flexibility index (Phi) is 7.34. The summed E-state index contributed by atoms with van der Waals surface area (Å²) in [6.07, 6.45) is 7.35. The maximum absolute atomic E-state index is 4.34. The van der Waals surface area contributed by atoms with E-state index in [9.17, 15) is 0 Å². The van der Waals surface area contributed by atoms with Gasteiger partial charge >= 0.3 is 0 Å².